The largest absolute Gasteiger partial charge is 0.392 e. The molecule has 3 heteroatoms. The quantitative estimate of drug-likeness (QED) is 0.870. The highest BCUT2D eigenvalue weighted by molar-refractivity contribution is 5.42. The summed E-state index contributed by atoms with van der Waals surface area (Å²) in [6, 6.07) is 4.70. The van der Waals surface area contributed by atoms with Crippen molar-refractivity contribution in [1.82, 2.24) is 4.98 Å². The molecule has 1 aromatic rings. The molecule has 1 saturated carbocycles. The Bertz CT molecular complexity index is 372. The van der Waals surface area contributed by atoms with Gasteiger partial charge in [0.1, 0.15) is 5.82 Å². The summed E-state index contributed by atoms with van der Waals surface area (Å²) in [4.78, 5) is 7.03. The first kappa shape index (κ1) is 12.4. The summed E-state index contributed by atoms with van der Waals surface area (Å²) in [6.07, 6.45) is 5.26. The zero-order valence-electron chi connectivity index (χ0n) is 10.8. The minimum absolute atomic E-state index is 0.0780. The van der Waals surface area contributed by atoms with E-state index in [-0.39, 0.29) is 6.61 Å². The first-order valence-electron chi connectivity index (χ1n) is 6.60. The summed E-state index contributed by atoms with van der Waals surface area (Å²) in [7, 11) is 0. The van der Waals surface area contributed by atoms with Gasteiger partial charge in [-0.25, -0.2) is 4.98 Å². The van der Waals surface area contributed by atoms with E-state index >= 15 is 0 Å². The normalized spacial score (nSPS) is 16.4. The Morgan fingerprint density at radius 1 is 1.35 bits per heavy atom. The molecule has 0 radical (unpaired) electrons. The smallest absolute Gasteiger partial charge is 0.129 e. The zero-order valence-corrected chi connectivity index (χ0v) is 10.8. The highest BCUT2D eigenvalue weighted by Crippen LogP contribution is 2.27. The van der Waals surface area contributed by atoms with Crippen LogP contribution in [0.5, 0.6) is 0 Å². The second-order valence-corrected chi connectivity index (χ2v) is 4.80. The molecule has 3 nitrogen and oxygen atoms in total. The lowest BCUT2D eigenvalue weighted by Crippen LogP contribution is -2.33. The van der Waals surface area contributed by atoms with Gasteiger partial charge >= 0.3 is 0 Å². The third-order valence-corrected chi connectivity index (χ3v) is 3.75. The van der Waals surface area contributed by atoms with Crippen molar-refractivity contribution >= 4 is 5.82 Å². The van der Waals surface area contributed by atoms with E-state index in [4.69, 9.17) is 5.11 Å². The van der Waals surface area contributed by atoms with E-state index in [1.165, 1.54) is 25.7 Å². The third-order valence-electron chi connectivity index (χ3n) is 3.75. The van der Waals surface area contributed by atoms with Crippen LogP contribution in [0.25, 0.3) is 0 Å². The average molecular weight is 234 g/mol. The number of anilines is 1. The maximum atomic E-state index is 9.16. The van der Waals surface area contributed by atoms with Crippen molar-refractivity contribution in [3.05, 3.63) is 23.4 Å². The Kier molecular flexibility index (Phi) is 4.00. The average Bonchev–Trinajstić information content (AvgIpc) is 2.84. The molecular formula is C14H22N2O. The van der Waals surface area contributed by atoms with Gasteiger partial charge in [-0.05, 0) is 38.3 Å². The molecule has 0 aliphatic heterocycles. The van der Waals surface area contributed by atoms with Crippen molar-refractivity contribution in [3.63, 3.8) is 0 Å². The molecular weight excluding hydrogens is 212 g/mol. The molecule has 1 aliphatic rings. The first-order chi connectivity index (χ1) is 8.26. The van der Waals surface area contributed by atoms with Crippen molar-refractivity contribution in [3.8, 4) is 0 Å². The van der Waals surface area contributed by atoms with E-state index in [0.717, 1.165) is 23.6 Å². The third kappa shape index (κ3) is 2.60. The van der Waals surface area contributed by atoms with E-state index in [1.54, 1.807) is 0 Å². The molecule has 1 aromatic heterocycles. The molecule has 1 aliphatic carbocycles. The zero-order chi connectivity index (χ0) is 12.3. The first-order valence-corrected chi connectivity index (χ1v) is 6.60. The van der Waals surface area contributed by atoms with Crippen molar-refractivity contribution < 1.29 is 5.11 Å². The predicted octanol–water partition coefficient (Wildman–Crippen LogP) is 2.65. The summed E-state index contributed by atoms with van der Waals surface area (Å²) in [5.74, 6) is 1.06. The van der Waals surface area contributed by atoms with Crippen LogP contribution in [0.4, 0.5) is 5.82 Å². The van der Waals surface area contributed by atoms with Crippen LogP contribution < -0.4 is 4.90 Å². The van der Waals surface area contributed by atoms with Crippen LogP contribution in [0.15, 0.2) is 12.1 Å². The van der Waals surface area contributed by atoms with E-state index in [2.05, 4.69) is 16.8 Å². The molecule has 2 rings (SSSR count). The van der Waals surface area contributed by atoms with Crippen molar-refractivity contribution in [1.29, 1.82) is 0 Å². The Morgan fingerprint density at radius 3 is 2.59 bits per heavy atom. The van der Waals surface area contributed by atoms with E-state index in [1.807, 2.05) is 19.1 Å². The van der Waals surface area contributed by atoms with Crippen LogP contribution in [0.1, 0.15) is 43.9 Å². The summed E-state index contributed by atoms with van der Waals surface area (Å²) in [5.41, 5.74) is 1.87. The van der Waals surface area contributed by atoms with Gasteiger partial charge < -0.3 is 10.0 Å². The van der Waals surface area contributed by atoms with Crippen molar-refractivity contribution in [2.75, 3.05) is 11.4 Å². The number of aromatic nitrogens is 1. The van der Waals surface area contributed by atoms with Crippen LogP contribution in [0.2, 0.25) is 0 Å². The fraction of sp³-hybridized carbons (Fsp3) is 0.643. The van der Waals surface area contributed by atoms with Crippen LogP contribution in [0, 0.1) is 6.92 Å². The molecule has 0 saturated heterocycles. The fourth-order valence-corrected chi connectivity index (χ4v) is 2.73. The minimum atomic E-state index is 0.0780. The van der Waals surface area contributed by atoms with Crippen molar-refractivity contribution in [2.24, 2.45) is 0 Å². The number of nitrogens with zero attached hydrogens (tertiary/aromatic N) is 2. The fourth-order valence-electron chi connectivity index (χ4n) is 2.73. The van der Waals surface area contributed by atoms with Gasteiger partial charge in [0, 0.05) is 18.3 Å². The Morgan fingerprint density at radius 2 is 2.06 bits per heavy atom. The Hall–Kier alpha value is -1.09. The monoisotopic (exact) mass is 234 g/mol. The Balaban J connectivity index is 2.21. The lowest BCUT2D eigenvalue weighted by atomic mass is 10.2. The second-order valence-electron chi connectivity index (χ2n) is 4.80. The number of pyridine rings is 1. The number of hydrogen-bond acceptors (Lipinski definition) is 3. The predicted molar refractivity (Wildman–Crippen MR) is 70.2 cm³/mol. The summed E-state index contributed by atoms with van der Waals surface area (Å²) in [6.45, 7) is 5.25. The van der Waals surface area contributed by atoms with Gasteiger partial charge in [0.05, 0.1) is 6.61 Å². The van der Waals surface area contributed by atoms with Gasteiger partial charge in [0.15, 0.2) is 0 Å². The molecule has 1 fully saturated rings. The molecule has 0 amide bonds. The van der Waals surface area contributed by atoms with E-state index < -0.39 is 0 Å². The number of hydrogen-bond donors (Lipinski definition) is 1. The van der Waals surface area contributed by atoms with Crippen LogP contribution in [0.3, 0.4) is 0 Å². The standard InChI is InChI=1S/C14H22N2O/c1-3-16(13-6-4-5-7-13)14-9-8-12(10-17)11(2)15-14/h8-9,13,17H,3-7,10H2,1-2H3. The number of aliphatic hydroxyl groups is 1. The summed E-state index contributed by atoms with van der Waals surface area (Å²) >= 11 is 0. The molecule has 17 heavy (non-hydrogen) atoms. The number of rotatable bonds is 4. The highest BCUT2D eigenvalue weighted by atomic mass is 16.3. The van der Waals surface area contributed by atoms with Gasteiger partial charge in [-0.15, -0.1) is 0 Å². The van der Waals surface area contributed by atoms with Crippen molar-refractivity contribution in [2.45, 2.75) is 52.2 Å². The van der Waals surface area contributed by atoms with E-state index in [9.17, 15) is 0 Å². The molecule has 1 heterocycles. The maximum Gasteiger partial charge on any atom is 0.129 e. The van der Waals surface area contributed by atoms with Crippen LogP contribution in [-0.4, -0.2) is 22.7 Å². The van der Waals surface area contributed by atoms with Gasteiger partial charge in [-0.3, -0.25) is 0 Å². The minimum Gasteiger partial charge on any atom is -0.392 e. The van der Waals surface area contributed by atoms with Crippen LogP contribution >= 0.6 is 0 Å². The lowest BCUT2D eigenvalue weighted by Gasteiger charge is -2.29. The van der Waals surface area contributed by atoms with Gasteiger partial charge in [-0.2, -0.15) is 0 Å². The summed E-state index contributed by atoms with van der Waals surface area (Å²) in [5, 5.41) is 9.16. The molecule has 0 bridgehead atoms. The highest BCUT2D eigenvalue weighted by Gasteiger charge is 2.22. The number of aliphatic hydroxyl groups excluding tert-OH is 1. The maximum absolute atomic E-state index is 9.16. The topological polar surface area (TPSA) is 36.4 Å². The van der Waals surface area contributed by atoms with Gasteiger partial charge in [0.25, 0.3) is 0 Å². The lowest BCUT2D eigenvalue weighted by molar-refractivity contribution is 0.280. The molecule has 0 unspecified atom stereocenters. The summed E-state index contributed by atoms with van der Waals surface area (Å²) < 4.78 is 0. The molecule has 0 atom stereocenters. The Labute approximate surface area is 103 Å². The molecule has 94 valence electrons. The van der Waals surface area contributed by atoms with Gasteiger partial charge in [-0.1, -0.05) is 18.9 Å². The molecule has 0 spiro atoms. The molecule has 0 aromatic carbocycles. The van der Waals surface area contributed by atoms with Gasteiger partial charge in [0.2, 0.25) is 0 Å². The molecule has 1 N–H and O–H groups in total. The SMILES string of the molecule is CCN(c1ccc(CO)c(C)n1)C1CCCC1. The second kappa shape index (κ2) is 5.50. The van der Waals surface area contributed by atoms with Crippen LogP contribution in [-0.2, 0) is 6.61 Å². The van der Waals surface area contributed by atoms with E-state index in [0.29, 0.717) is 6.04 Å². The number of aryl methyl sites for hydroxylation is 1.